The molecule has 0 amide bonds. The summed E-state index contributed by atoms with van der Waals surface area (Å²) in [7, 11) is 6.72. The number of nitrogens with one attached hydrogen (secondary N) is 5. The topological polar surface area (TPSA) is 255 Å². The zero-order valence-electron chi connectivity index (χ0n) is 75.7. The standard InChI is InChI=1S/C35H47N6O2P.C33H46ClN8O3P.C26H34ClN6O2P/c1-25(2)43-32-24-28(40-17-15-27(16-18-40)41-21-19-39(3)20-22-41)14-13-26(32)23-34-36-30-11-8-9-29(30)35(38-34)37-31-10-6-7-12-33(31)44(4,5)42;1-39-13-15-41(16-14-39)24-9-11-40(12-10-24)25-6-8-29(31(21-25)45-3)37-33-35-23-27(34)32(38-33)36-28-7-5-26(22-30(28)44-2)42-17-19-46(4,43)20-18-42;1-32(2)18-12-14-33(15-13-18)19-10-11-21(23(16-19)35-3)30-26-28-17-20(27)25(31-26)29-22-8-6-7-9-24(22)36(4,5)34/h6-10,12-14,24-25,27H,11,15-23H2,1-5H3,(H,36,37,38);5-8,21-24H,9-20H2,1-4H3,(H2,35,36,37,38);6-11,16-18H,12-15H2,1-5H3,(H2,28,29,30,31). The van der Waals surface area contributed by atoms with Crippen molar-refractivity contribution in [1.82, 2.24) is 54.4 Å². The predicted octanol–water partition coefficient (Wildman–Crippen LogP) is 16.7. The molecule has 6 aliphatic heterocycles. The third-order valence-electron chi connectivity index (χ3n) is 25.1. The highest BCUT2D eigenvalue weighted by molar-refractivity contribution is 7.70. The van der Waals surface area contributed by atoms with E-state index in [4.69, 9.17) is 52.1 Å². The predicted molar refractivity (Wildman–Crippen MR) is 523 cm³/mol. The largest absolute Gasteiger partial charge is 0.494 e. The monoisotopic (exact) mass is 1810 g/mol. The Bertz CT molecular complexity index is 5400. The van der Waals surface area contributed by atoms with Crippen molar-refractivity contribution >= 4 is 142 Å². The van der Waals surface area contributed by atoms with Crippen LogP contribution in [0.5, 0.6) is 23.0 Å². The van der Waals surface area contributed by atoms with E-state index in [0.717, 1.165) is 187 Å². The summed E-state index contributed by atoms with van der Waals surface area (Å²) in [5.41, 5.74) is 11.4. The molecule has 1 aliphatic carbocycles. The van der Waals surface area contributed by atoms with Gasteiger partial charge in [0.2, 0.25) is 11.9 Å². The Balaban J connectivity index is 0.000000155. The molecule has 27 nitrogen and oxygen atoms in total. The molecular weight excluding hydrogens is 1680 g/mol. The number of fused-ring (bicyclic) bond motifs is 1. The smallest absolute Gasteiger partial charge is 0.229 e. The van der Waals surface area contributed by atoms with Gasteiger partial charge in [-0.2, -0.15) is 9.97 Å². The number of nitrogens with zero attached hydrogens (tertiary/aromatic N) is 15. The van der Waals surface area contributed by atoms with Gasteiger partial charge in [-0.05, 0) is 181 Å². The molecule has 7 aliphatic rings. The fraction of sp³-hybridized carbons (Fsp3) is 0.468. The van der Waals surface area contributed by atoms with Crippen LogP contribution in [0.4, 0.5) is 80.5 Å². The molecule has 16 rings (SSSR count). The third kappa shape index (κ3) is 24.0. The van der Waals surface area contributed by atoms with Crippen molar-refractivity contribution in [3.05, 3.63) is 172 Å². The molecule has 6 saturated heterocycles. The first-order valence-electron chi connectivity index (χ1n) is 44.2. The second-order valence-electron chi connectivity index (χ2n) is 35.4. The van der Waals surface area contributed by atoms with Gasteiger partial charge in [0.25, 0.3) is 0 Å². The van der Waals surface area contributed by atoms with E-state index in [0.29, 0.717) is 75.3 Å². The lowest BCUT2D eigenvalue weighted by molar-refractivity contribution is 0.0982. The van der Waals surface area contributed by atoms with Crippen molar-refractivity contribution in [3.8, 4) is 23.0 Å². The number of likely N-dealkylation sites (N-methyl/N-ethyl adjacent to an activating group) is 2. The molecule has 3 aromatic heterocycles. The highest BCUT2D eigenvalue weighted by atomic mass is 35.5. The van der Waals surface area contributed by atoms with Gasteiger partial charge in [-0.3, -0.25) is 9.80 Å². The molecule has 32 heteroatoms. The molecule has 0 saturated carbocycles. The van der Waals surface area contributed by atoms with Crippen molar-refractivity contribution < 1.29 is 32.6 Å². The van der Waals surface area contributed by atoms with E-state index in [9.17, 15) is 13.7 Å². The number of anilines is 14. The number of benzene rings is 6. The minimum absolute atomic E-state index is 0.0598. The summed E-state index contributed by atoms with van der Waals surface area (Å²) in [6.07, 6.45) is 17.2. The van der Waals surface area contributed by atoms with Crippen molar-refractivity contribution in [2.45, 2.75) is 89.4 Å². The molecule has 0 spiro atoms. The molecule has 0 atom stereocenters. The lowest BCUT2D eigenvalue weighted by atomic mass is 10.0. The molecule has 5 N–H and O–H groups in total. The van der Waals surface area contributed by atoms with Gasteiger partial charge in [0.15, 0.2) is 11.6 Å². The van der Waals surface area contributed by atoms with Gasteiger partial charge in [0, 0.05) is 217 Å². The number of piperazine rings is 2. The number of rotatable bonds is 26. The van der Waals surface area contributed by atoms with Crippen molar-refractivity contribution in [2.24, 2.45) is 0 Å². The number of aromatic nitrogens is 6. The van der Waals surface area contributed by atoms with Crippen LogP contribution in [0.1, 0.15) is 75.0 Å². The minimum Gasteiger partial charge on any atom is -0.494 e. The summed E-state index contributed by atoms with van der Waals surface area (Å²) in [6, 6.07) is 42.2. The van der Waals surface area contributed by atoms with E-state index in [2.05, 4.69) is 181 Å². The highest BCUT2D eigenvalue weighted by Crippen LogP contribution is 2.46. The molecule has 6 fully saturated rings. The van der Waals surface area contributed by atoms with Gasteiger partial charge in [-0.1, -0.05) is 65.7 Å². The normalized spacial score (nSPS) is 17.7. The molecule has 0 unspecified atom stereocenters. The Kier molecular flexibility index (Phi) is 30.9. The van der Waals surface area contributed by atoms with Gasteiger partial charge in [0.1, 0.15) is 59.0 Å². The SMILES string of the molecule is CC(C)Oc1cc(N2CCC(N3CCN(C)CC3)CC2)ccc1Cc1nc2c(c(Nc3ccccc3P(C)(C)=O)n1)C=CC2.COc1cc(N2CCC(N(C)C)CC2)ccc1Nc1ncc(Cl)c(Nc2ccccc2P(C)(C)=O)n1.COc1cc(N2CCC(N3CCN(C)CC3)CC2)ccc1Nc1ncc(Cl)c(Nc2ccc(N3CCP(C)(=O)CC3)cc2OC)n1. The van der Waals surface area contributed by atoms with Gasteiger partial charge in [-0.25, -0.2) is 19.9 Å². The Morgan fingerprint density at radius 1 is 0.484 bits per heavy atom. The van der Waals surface area contributed by atoms with Crippen LogP contribution in [0.2, 0.25) is 10.0 Å². The Morgan fingerprint density at radius 3 is 1.31 bits per heavy atom. The van der Waals surface area contributed by atoms with Crippen LogP contribution < -0.4 is 75.7 Å². The fourth-order valence-electron chi connectivity index (χ4n) is 17.6. The van der Waals surface area contributed by atoms with Gasteiger partial charge >= 0.3 is 0 Å². The van der Waals surface area contributed by atoms with E-state index in [1.807, 2.05) is 91.6 Å². The number of ether oxygens (including phenoxy) is 4. The number of methoxy groups -OCH3 is 3. The molecule has 6 aromatic carbocycles. The van der Waals surface area contributed by atoms with E-state index >= 15 is 0 Å². The molecule has 126 heavy (non-hydrogen) atoms. The molecule has 9 heterocycles. The second kappa shape index (κ2) is 41.9. The summed E-state index contributed by atoms with van der Waals surface area (Å²) in [4.78, 5) is 50.1. The summed E-state index contributed by atoms with van der Waals surface area (Å²) in [5.74, 6) is 6.13. The van der Waals surface area contributed by atoms with Crippen molar-refractivity contribution in [2.75, 3.05) is 246 Å². The van der Waals surface area contributed by atoms with Crippen LogP contribution in [0.25, 0.3) is 6.08 Å². The molecule has 9 aromatic rings. The summed E-state index contributed by atoms with van der Waals surface area (Å²) >= 11 is 12.9. The van der Waals surface area contributed by atoms with Crippen LogP contribution in [0, 0.1) is 0 Å². The number of piperidine rings is 3. The van der Waals surface area contributed by atoms with Crippen LogP contribution in [-0.4, -0.2) is 279 Å². The Morgan fingerprint density at radius 2 is 0.881 bits per heavy atom. The first kappa shape index (κ1) is 92.9. The van der Waals surface area contributed by atoms with Crippen LogP contribution in [-0.2, 0) is 26.5 Å². The van der Waals surface area contributed by atoms with E-state index in [1.165, 1.54) is 76.8 Å². The minimum atomic E-state index is -2.50. The first-order chi connectivity index (χ1) is 60.5. The van der Waals surface area contributed by atoms with Crippen LogP contribution >= 0.6 is 44.6 Å². The molecule has 0 radical (unpaired) electrons. The maximum absolute atomic E-state index is 13.0. The maximum Gasteiger partial charge on any atom is 0.229 e. The summed E-state index contributed by atoms with van der Waals surface area (Å²) in [6.45, 7) is 30.3. The number of hydrogen-bond acceptors (Lipinski definition) is 27. The van der Waals surface area contributed by atoms with Crippen LogP contribution in [0.15, 0.2) is 140 Å². The van der Waals surface area contributed by atoms with Crippen molar-refractivity contribution in [1.29, 1.82) is 0 Å². The molecular formula is C94H127Cl2N20O7P3. The van der Waals surface area contributed by atoms with Gasteiger partial charge in [-0.15, -0.1) is 0 Å². The molecule has 674 valence electrons. The number of para-hydroxylation sites is 2. The third-order valence-corrected chi connectivity index (χ3v) is 31.0. The molecule has 0 bridgehead atoms. The lowest BCUT2D eigenvalue weighted by Crippen LogP contribution is -2.52. The summed E-state index contributed by atoms with van der Waals surface area (Å²) in [5, 5.41) is 18.9. The highest BCUT2D eigenvalue weighted by Gasteiger charge is 2.33. The quantitative estimate of drug-likeness (QED) is 0.0316. The fourth-order valence-corrected chi connectivity index (χ4v) is 21.8. The van der Waals surface area contributed by atoms with Crippen molar-refractivity contribution in [3.63, 3.8) is 0 Å². The number of halogens is 2. The Hall–Kier alpha value is -9.23. The average molecular weight is 1810 g/mol. The Labute approximate surface area is 755 Å². The lowest BCUT2D eigenvalue weighted by Gasteiger charge is -2.42. The zero-order chi connectivity index (χ0) is 89.0. The first-order valence-corrected chi connectivity index (χ1v) is 52.7. The summed E-state index contributed by atoms with van der Waals surface area (Å²) < 4.78 is 61.8. The zero-order valence-corrected chi connectivity index (χ0v) is 79.9. The number of hydrogen-bond donors (Lipinski definition) is 5. The number of allylic oxidation sites excluding steroid dienone is 1. The average Bonchev–Trinajstić information content (AvgIpc) is 1.52. The van der Waals surface area contributed by atoms with E-state index in [-0.39, 0.29) is 6.10 Å². The van der Waals surface area contributed by atoms with E-state index < -0.39 is 21.4 Å². The maximum atomic E-state index is 13.0. The van der Waals surface area contributed by atoms with Gasteiger partial charge < -0.3 is 93.5 Å². The van der Waals surface area contributed by atoms with Crippen LogP contribution in [0.3, 0.4) is 0 Å². The van der Waals surface area contributed by atoms with Gasteiger partial charge in [0.05, 0.1) is 81.1 Å². The van der Waals surface area contributed by atoms with E-state index in [1.54, 1.807) is 54.2 Å². The second-order valence-corrected chi connectivity index (χ2v) is 46.1.